The number of rotatable bonds is 4. The highest BCUT2D eigenvalue weighted by atomic mass is 35.5. The van der Waals surface area contributed by atoms with E-state index in [0.29, 0.717) is 11.0 Å². The van der Waals surface area contributed by atoms with Gasteiger partial charge in [-0.25, -0.2) is 4.98 Å². The van der Waals surface area contributed by atoms with E-state index >= 15 is 0 Å². The summed E-state index contributed by atoms with van der Waals surface area (Å²) in [4.78, 5) is 8.61. The van der Waals surface area contributed by atoms with Gasteiger partial charge in [-0.3, -0.25) is 0 Å². The monoisotopic (exact) mass is 262 g/mol. The number of nitrogens with one attached hydrogen (secondary N) is 2. The molecule has 0 unspecified atom stereocenters. The first-order valence-corrected chi connectivity index (χ1v) is 6.17. The van der Waals surface area contributed by atoms with E-state index in [1.54, 1.807) is 6.20 Å². The number of aromatic nitrogens is 2. The Hall–Kier alpha value is -1.81. The lowest BCUT2D eigenvalue weighted by Crippen LogP contribution is -2.05. The van der Waals surface area contributed by atoms with Crippen molar-refractivity contribution in [2.45, 2.75) is 13.8 Å². The van der Waals surface area contributed by atoms with E-state index in [1.165, 1.54) is 0 Å². The van der Waals surface area contributed by atoms with Gasteiger partial charge in [-0.05, 0) is 38.1 Å². The van der Waals surface area contributed by atoms with Gasteiger partial charge in [0, 0.05) is 29.0 Å². The van der Waals surface area contributed by atoms with Crippen LogP contribution < -0.4 is 10.6 Å². The summed E-state index contributed by atoms with van der Waals surface area (Å²) in [5, 5.41) is 7.05. The van der Waals surface area contributed by atoms with Crippen molar-refractivity contribution in [3.63, 3.8) is 0 Å². The second-order valence-electron chi connectivity index (χ2n) is 3.89. The third-order valence-electron chi connectivity index (χ3n) is 2.41. The van der Waals surface area contributed by atoms with Crippen LogP contribution in [0.5, 0.6) is 0 Å². The van der Waals surface area contributed by atoms with Gasteiger partial charge in [-0.15, -0.1) is 0 Å². The molecule has 0 bridgehead atoms. The summed E-state index contributed by atoms with van der Waals surface area (Å²) in [5.41, 5.74) is 1.94. The standard InChI is InChI=1S/C13H15ClN4/c1-3-15-13-16-8-9(2)12(18-13)17-11-6-4-10(14)5-7-11/h4-8H,3H2,1-2H3,(H2,15,16,17,18). The SMILES string of the molecule is CCNc1ncc(C)c(Nc2ccc(Cl)cc2)n1. The first kappa shape index (κ1) is 12.6. The molecular formula is C13H15ClN4. The summed E-state index contributed by atoms with van der Waals surface area (Å²) in [5.74, 6) is 1.42. The molecule has 0 saturated heterocycles. The molecule has 18 heavy (non-hydrogen) atoms. The second-order valence-corrected chi connectivity index (χ2v) is 4.32. The second kappa shape index (κ2) is 5.69. The average molecular weight is 263 g/mol. The predicted octanol–water partition coefficient (Wildman–Crippen LogP) is 3.61. The number of hydrogen-bond acceptors (Lipinski definition) is 4. The summed E-state index contributed by atoms with van der Waals surface area (Å²) >= 11 is 5.85. The van der Waals surface area contributed by atoms with Crippen LogP contribution in [-0.4, -0.2) is 16.5 Å². The highest BCUT2D eigenvalue weighted by Gasteiger charge is 2.03. The maximum atomic E-state index is 5.85. The molecule has 1 aromatic carbocycles. The lowest BCUT2D eigenvalue weighted by atomic mass is 10.3. The zero-order valence-electron chi connectivity index (χ0n) is 10.4. The Balaban J connectivity index is 2.22. The Morgan fingerprint density at radius 3 is 2.61 bits per heavy atom. The molecule has 0 aliphatic carbocycles. The predicted molar refractivity (Wildman–Crippen MR) is 75.7 cm³/mol. The Bertz CT molecular complexity index is 525. The van der Waals surface area contributed by atoms with Crippen molar-refractivity contribution in [1.82, 2.24) is 9.97 Å². The van der Waals surface area contributed by atoms with Crippen molar-refractivity contribution < 1.29 is 0 Å². The number of aryl methyl sites for hydroxylation is 1. The van der Waals surface area contributed by atoms with Gasteiger partial charge in [0.15, 0.2) is 0 Å². The number of benzene rings is 1. The van der Waals surface area contributed by atoms with Crippen LogP contribution in [0.2, 0.25) is 5.02 Å². The molecule has 0 radical (unpaired) electrons. The molecule has 0 amide bonds. The van der Waals surface area contributed by atoms with Gasteiger partial charge in [0.1, 0.15) is 5.82 Å². The summed E-state index contributed by atoms with van der Waals surface area (Å²) in [7, 11) is 0. The highest BCUT2D eigenvalue weighted by molar-refractivity contribution is 6.30. The molecule has 0 saturated carbocycles. The van der Waals surface area contributed by atoms with Gasteiger partial charge in [-0.2, -0.15) is 4.98 Å². The molecule has 0 atom stereocenters. The van der Waals surface area contributed by atoms with Gasteiger partial charge >= 0.3 is 0 Å². The zero-order valence-corrected chi connectivity index (χ0v) is 11.1. The first-order valence-electron chi connectivity index (χ1n) is 5.79. The normalized spacial score (nSPS) is 10.2. The molecule has 0 aliphatic rings. The minimum absolute atomic E-state index is 0.625. The van der Waals surface area contributed by atoms with E-state index in [0.717, 1.165) is 23.6 Å². The van der Waals surface area contributed by atoms with E-state index in [9.17, 15) is 0 Å². The number of anilines is 3. The van der Waals surface area contributed by atoms with Gasteiger partial charge in [0.25, 0.3) is 0 Å². The van der Waals surface area contributed by atoms with E-state index in [2.05, 4.69) is 20.6 Å². The molecule has 0 aliphatic heterocycles. The zero-order chi connectivity index (χ0) is 13.0. The molecule has 1 heterocycles. The molecule has 4 nitrogen and oxygen atoms in total. The maximum Gasteiger partial charge on any atom is 0.224 e. The number of hydrogen-bond donors (Lipinski definition) is 2. The molecule has 2 N–H and O–H groups in total. The van der Waals surface area contributed by atoms with Crippen LogP contribution in [0, 0.1) is 6.92 Å². The van der Waals surface area contributed by atoms with Crippen LogP contribution >= 0.6 is 11.6 Å². The maximum absolute atomic E-state index is 5.85. The molecule has 0 fully saturated rings. The molecule has 94 valence electrons. The van der Waals surface area contributed by atoms with Crippen molar-refractivity contribution in [2.24, 2.45) is 0 Å². The molecular weight excluding hydrogens is 248 g/mol. The Morgan fingerprint density at radius 1 is 1.22 bits per heavy atom. The molecule has 1 aromatic heterocycles. The van der Waals surface area contributed by atoms with E-state index in [-0.39, 0.29) is 0 Å². The van der Waals surface area contributed by atoms with Gasteiger partial charge in [0.2, 0.25) is 5.95 Å². The van der Waals surface area contributed by atoms with E-state index < -0.39 is 0 Å². The quantitative estimate of drug-likeness (QED) is 0.884. The number of nitrogens with zero attached hydrogens (tertiary/aromatic N) is 2. The van der Waals surface area contributed by atoms with Gasteiger partial charge in [0.05, 0.1) is 0 Å². The fourth-order valence-corrected chi connectivity index (χ4v) is 1.61. The first-order chi connectivity index (χ1) is 8.69. The molecule has 0 spiro atoms. The fourth-order valence-electron chi connectivity index (χ4n) is 1.48. The van der Waals surface area contributed by atoms with Crippen LogP contribution in [-0.2, 0) is 0 Å². The fraction of sp³-hybridized carbons (Fsp3) is 0.231. The topological polar surface area (TPSA) is 49.8 Å². The van der Waals surface area contributed by atoms with E-state index in [4.69, 9.17) is 11.6 Å². The third kappa shape index (κ3) is 3.11. The van der Waals surface area contributed by atoms with Crippen molar-refractivity contribution in [1.29, 1.82) is 0 Å². The van der Waals surface area contributed by atoms with Crippen molar-refractivity contribution in [3.8, 4) is 0 Å². The molecule has 5 heteroatoms. The summed E-state index contributed by atoms with van der Waals surface area (Å²) in [6.07, 6.45) is 1.79. The lowest BCUT2D eigenvalue weighted by molar-refractivity contribution is 1.07. The Morgan fingerprint density at radius 2 is 1.94 bits per heavy atom. The van der Waals surface area contributed by atoms with Crippen molar-refractivity contribution in [3.05, 3.63) is 41.0 Å². The smallest absolute Gasteiger partial charge is 0.224 e. The average Bonchev–Trinajstić information content (AvgIpc) is 2.36. The number of halogens is 1. The van der Waals surface area contributed by atoms with Crippen LogP contribution in [0.4, 0.5) is 17.5 Å². The third-order valence-corrected chi connectivity index (χ3v) is 2.67. The summed E-state index contributed by atoms with van der Waals surface area (Å²) in [6, 6.07) is 7.50. The Kier molecular flexibility index (Phi) is 3.99. The largest absolute Gasteiger partial charge is 0.354 e. The molecule has 2 aromatic rings. The van der Waals surface area contributed by atoms with Crippen LogP contribution in [0.3, 0.4) is 0 Å². The van der Waals surface area contributed by atoms with Crippen molar-refractivity contribution in [2.75, 3.05) is 17.2 Å². The van der Waals surface area contributed by atoms with E-state index in [1.807, 2.05) is 38.1 Å². The highest BCUT2D eigenvalue weighted by Crippen LogP contribution is 2.20. The Labute approximate surface area is 111 Å². The van der Waals surface area contributed by atoms with Crippen molar-refractivity contribution >= 4 is 29.1 Å². The minimum atomic E-state index is 0.625. The molecule has 2 rings (SSSR count). The van der Waals surface area contributed by atoms with Gasteiger partial charge < -0.3 is 10.6 Å². The lowest BCUT2D eigenvalue weighted by Gasteiger charge is -2.10. The van der Waals surface area contributed by atoms with Gasteiger partial charge in [-0.1, -0.05) is 11.6 Å². The summed E-state index contributed by atoms with van der Waals surface area (Å²) < 4.78 is 0. The summed E-state index contributed by atoms with van der Waals surface area (Å²) in [6.45, 7) is 4.77. The van der Waals surface area contributed by atoms with Crippen LogP contribution in [0.25, 0.3) is 0 Å². The van der Waals surface area contributed by atoms with Crippen LogP contribution in [0.15, 0.2) is 30.5 Å². The van der Waals surface area contributed by atoms with Crippen LogP contribution in [0.1, 0.15) is 12.5 Å². The minimum Gasteiger partial charge on any atom is -0.354 e.